The van der Waals surface area contributed by atoms with Gasteiger partial charge in [-0.25, -0.2) is 4.98 Å². The van der Waals surface area contributed by atoms with Crippen LogP contribution in [0.15, 0.2) is 16.6 Å². The Kier molecular flexibility index (Phi) is 4.45. The lowest BCUT2D eigenvalue weighted by Gasteiger charge is -2.33. The lowest BCUT2D eigenvalue weighted by atomic mass is 10.1. The average molecular weight is 353 g/mol. The third-order valence-electron chi connectivity index (χ3n) is 4.27. The number of hydrogen-bond donors (Lipinski definition) is 1. The molecule has 0 aliphatic carbocycles. The van der Waals surface area contributed by atoms with Crippen molar-refractivity contribution >= 4 is 27.7 Å². The Labute approximate surface area is 133 Å². The summed E-state index contributed by atoms with van der Waals surface area (Å²) in [5, 5.41) is 3.29. The molecule has 3 rings (SSSR count). The first-order chi connectivity index (χ1) is 10.2. The van der Waals surface area contributed by atoms with Gasteiger partial charge in [0.25, 0.3) is 0 Å². The maximum atomic E-state index is 12.8. The highest BCUT2D eigenvalue weighted by Gasteiger charge is 2.34. The van der Waals surface area contributed by atoms with Crippen molar-refractivity contribution in [1.29, 1.82) is 0 Å². The van der Waals surface area contributed by atoms with Crippen LogP contribution in [0.3, 0.4) is 0 Å². The number of rotatable bonds is 2. The quantitative estimate of drug-likeness (QED) is 0.877. The van der Waals surface area contributed by atoms with Crippen LogP contribution in [0.5, 0.6) is 0 Å². The first kappa shape index (κ1) is 14.8. The third-order valence-corrected chi connectivity index (χ3v) is 5.11. The van der Waals surface area contributed by atoms with Crippen LogP contribution < -0.4 is 10.2 Å². The summed E-state index contributed by atoms with van der Waals surface area (Å²) in [5.41, 5.74) is 0.966. The van der Waals surface area contributed by atoms with Crippen LogP contribution in [0.1, 0.15) is 18.5 Å². The van der Waals surface area contributed by atoms with Crippen LogP contribution in [0.2, 0.25) is 0 Å². The highest BCUT2D eigenvalue weighted by Crippen LogP contribution is 2.27. The lowest BCUT2D eigenvalue weighted by molar-refractivity contribution is -0.133. The largest absolute Gasteiger partial charge is 0.345 e. The van der Waals surface area contributed by atoms with E-state index < -0.39 is 0 Å². The van der Waals surface area contributed by atoms with E-state index in [1.165, 1.54) is 0 Å². The van der Waals surface area contributed by atoms with Gasteiger partial charge < -0.3 is 15.1 Å². The zero-order valence-corrected chi connectivity index (χ0v) is 13.9. The standard InChI is InChI=1S/C15H21BrN4O/c1-11-12(16)4-5-14(18-11)20-8-2-3-13(20)15(21)19-9-6-17-7-10-19/h4-5,13,17H,2-3,6-10H2,1H3. The minimum absolute atomic E-state index is 0.0452. The normalized spacial score (nSPS) is 22.7. The van der Waals surface area contributed by atoms with Crippen molar-refractivity contribution < 1.29 is 4.79 Å². The van der Waals surface area contributed by atoms with Gasteiger partial charge in [0.05, 0.1) is 5.69 Å². The van der Waals surface area contributed by atoms with Crippen molar-refractivity contribution in [1.82, 2.24) is 15.2 Å². The van der Waals surface area contributed by atoms with Crippen molar-refractivity contribution in [3.05, 3.63) is 22.3 Å². The van der Waals surface area contributed by atoms with E-state index in [1.807, 2.05) is 24.0 Å². The molecule has 1 aromatic rings. The lowest BCUT2D eigenvalue weighted by Crippen LogP contribution is -2.52. The summed E-state index contributed by atoms with van der Waals surface area (Å²) in [6, 6.07) is 3.97. The van der Waals surface area contributed by atoms with Gasteiger partial charge in [-0.2, -0.15) is 0 Å². The molecule has 21 heavy (non-hydrogen) atoms. The molecule has 1 unspecified atom stereocenters. The zero-order chi connectivity index (χ0) is 14.8. The van der Waals surface area contributed by atoms with Crippen molar-refractivity contribution in [3.63, 3.8) is 0 Å². The van der Waals surface area contributed by atoms with Gasteiger partial charge in [-0.1, -0.05) is 0 Å². The van der Waals surface area contributed by atoms with E-state index in [2.05, 4.69) is 31.1 Å². The number of carbonyl (C=O) groups is 1. The molecule has 2 aliphatic heterocycles. The van der Waals surface area contributed by atoms with Gasteiger partial charge in [-0.15, -0.1) is 0 Å². The van der Waals surface area contributed by atoms with Crippen molar-refractivity contribution in [2.24, 2.45) is 0 Å². The summed E-state index contributed by atoms with van der Waals surface area (Å²) in [7, 11) is 0. The summed E-state index contributed by atoms with van der Waals surface area (Å²) in [6.07, 6.45) is 1.98. The summed E-state index contributed by atoms with van der Waals surface area (Å²) in [4.78, 5) is 21.5. The average Bonchev–Trinajstić information content (AvgIpc) is 2.99. The molecule has 2 fully saturated rings. The van der Waals surface area contributed by atoms with Crippen molar-refractivity contribution in [2.75, 3.05) is 37.6 Å². The molecule has 0 radical (unpaired) electrons. The Balaban J connectivity index is 1.78. The number of nitrogens with zero attached hydrogens (tertiary/aromatic N) is 3. The molecule has 0 spiro atoms. The first-order valence-corrected chi connectivity index (χ1v) is 8.35. The topological polar surface area (TPSA) is 48.5 Å². The molecule has 2 saturated heterocycles. The Hall–Kier alpha value is -1.14. The molecule has 3 heterocycles. The number of pyridine rings is 1. The highest BCUT2D eigenvalue weighted by atomic mass is 79.9. The molecule has 1 amide bonds. The first-order valence-electron chi connectivity index (χ1n) is 7.56. The van der Waals surface area contributed by atoms with Crippen molar-refractivity contribution in [3.8, 4) is 0 Å². The van der Waals surface area contributed by atoms with Crippen molar-refractivity contribution in [2.45, 2.75) is 25.8 Å². The van der Waals surface area contributed by atoms with E-state index in [0.717, 1.165) is 61.5 Å². The molecule has 5 nitrogen and oxygen atoms in total. The summed E-state index contributed by atoms with van der Waals surface area (Å²) in [6.45, 7) is 6.32. The fourth-order valence-corrected chi connectivity index (χ4v) is 3.31. The minimum atomic E-state index is -0.0452. The Bertz CT molecular complexity index is 530. The Morgan fingerprint density at radius 3 is 2.81 bits per heavy atom. The highest BCUT2D eigenvalue weighted by molar-refractivity contribution is 9.10. The molecule has 0 aromatic carbocycles. The van der Waals surface area contributed by atoms with Crippen LogP contribution in [0.4, 0.5) is 5.82 Å². The number of hydrogen-bond acceptors (Lipinski definition) is 4. The van der Waals surface area contributed by atoms with E-state index in [1.54, 1.807) is 0 Å². The van der Waals surface area contributed by atoms with E-state index in [4.69, 9.17) is 0 Å². The predicted molar refractivity (Wildman–Crippen MR) is 86.5 cm³/mol. The number of nitrogens with one attached hydrogen (secondary N) is 1. The minimum Gasteiger partial charge on any atom is -0.345 e. The van der Waals surface area contributed by atoms with Gasteiger partial charge >= 0.3 is 0 Å². The second-order valence-corrected chi connectivity index (χ2v) is 6.52. The van der Waals surface area contributed by atoms with Gasteiger partial charge in [-0.3, -0.25) is 4.79 Å². The smallest absolute Gasteiger partial charge is 0.245 e. The molecule has 114 valence electrons. The Morgan fingerprint density at radius 1 is 1.33 bits per heavy atom. The van der Waals surface area contributed by atoms with Crippen LogP contribution in [0.25, 0.3) is 0 Å². The summed E-state index contributed by atoms with van der Waals surface area (Å²) in [5.74, 6) is 1.18. The summed E-state index contributed by atoms with van der Waals surface area (Å²) >= 11 is 3.48. The third kappa shape index (κ3) is 3.06. The summed E-state index contributed by atoms with van der Waals surface area (Å²) < 4.78 is 1.01. The molecule has 1 N–H and O–H groups in total. The maximum Gasteiger partial charge on any atom is 0.245 e. The molecule has 1 aromatic heterocycles. The fourth-order valence-electron chi connectivity index (χ4n) is 3.08. The maximum absolute atomic E-state index is 12.8. The zero-order valence-electron chi connectivity index (χ0n) is 12.3. The fraction of sp³-hybridized carbons (Fsp3) is 0.600. The van der Waals surface area contributed by atoms with E-state index in [0.29, 0.717) is 0 Å². The van der Waals surface area contributed by atoms with Crippen LogP contribution >= 0.6 is 15.9 Å². The van der Waals surface area contributed by atoms with Gasteiger partial charge in [0.15, 0.2) is 0 Å². The van der Waals surface area contributed by atoms with E-state index in [-0.39, 0.29) is 11.9 Å². The van der Waals surface area contributed by atoms with Gasteiger partial charge in [0.2, 0.25) is 5.91 Å². The van der Waals surface area contributed by atoms with Crippen LogP contribution in [-0.2, 0) is 4.79 Å². The SMILES string of the molecule is Cc1nc(N2CCCC2C(=O)N2CCNCC2)ccc1Br. The molecule has 0 bridgehead atoms. The molecule has 1 atom stereocenters. The number of aryl methyl sites for hydroxylation is 1. The monoisotopic (exact) mass is 352 g/mol. The molecular formula is C15H21BrN4O. The molecule has 2 aliphatic rings. The molecule has 6 heteroatoms. The second-order valence-electron chi connectivity index (χ2n) is 5.66. The molecular weight excluding hydrogens is 332 g/mol. The van der Waals surface area contributed by atoms with Crippen LogP contribution in [0, 0.1) is 6.92 Å². The number of halogens is 1. The number of amides is 1. The van der Waals surface area contributed by atoms with Gasteiger partial charge in [-0.05, 0) is 47.8 Å². The molecule has 0 saturated carbocycles. The van der Waals surface area contributed by atoms with Crippen LogP contribution in [-0.4, -0.2) is 54.6 Å². The van der Waals surface area contributed by atoms with E-state index >= 15 is 0 Å². The number of anilines is 1. The number of piperazine rings is 1. The predicted octanol–water partition coefficient (Wildman–Crippen LogP) is 1.55. The van der Waals surface area contributed by atoms with Gasteiger partial charge in [0, 0.05) is 37.2 Å². The number of aromatic nitrogens is 1. The Morgan fingerprint density at radius 2 is 2.10 bits per heavy atom. The second kappa shape index (κ2) is 6.32. The van der Waals surface area contributed by atoms with E-state index in [9.17, 15) is 4.79 Å². The van der Waals surface area contributed by atoms with Gasteiger partial charge in [0.1, 0.15) is 11.9 Å². The number of carbonyl (C=O) groups excluding carboxylic acids is 1.